The van der Waals surface area contributed by atoms with Gasteiger partial charge in [-0.15, -0.1) is 0 Å². The molecule has 0 fully saturated rings. The Balaban J connectivity index is 1.12. The molecule has 0 saturated carbocycles. The van der Waals surface area contributed by atoms with Gasteiger partial charge in [0.2, 0.25) is 0 Å². The molecule has 2 aromatic heterocycles. The van der Waals surface area contributed by atoms with E-state index < -0.39 is 0 Å². The lowest BCUT2D eigenvalue weighted by atomic mass is 9.78. The van der Waals surface area contributed by atoms with E-state index in [2.05, 4.69) is 271 Å². The number of rotatable bonds is 8. The Morgan fingerprint density at radius 3 is 1.63 bits per heavy atom. The molecule has 5 heteroatoms. The largest absolute Gasteiger partial charge is 0.321 e. The van der Waals surface area contributed by atoms with Gasteiger partial charge in [0, 0.05) is 50.8 Å². The van der Waals surface area contributed by atoms with Crippen LogP contribution in [0.4, 0.5) is 39.8 Å². The monoisotopic (exact) mass is 892 g/mol. The summed E-state index contributed by atoms with van der Waals surface area (Å²) < 4.78 is 2.37. The lowest BCUT2D eigenvalue weighted by Gasteiger charge is -2.30. The number of aromatic nitrogens is 2. The van der Waals surface area contributed by atoms with Crippen LogP contribution in [-0.4, -0.2) is 16.2 Å². The highest BCUT2D eigenvalue weighted by Gasteiger charge is 2.31. The summed E-state index contributed by atoms with van der Waals surface area (Å²) in [6, 6.07) is 65.2. The fraction of sp³-hybridized carbons (Fsp3) is 0.254. The zero-order valence-corrected chi connectivity index (χ0v) is 41.8. The van der Waals surface area contributed by atoms with Crippen molar-refractivity contribution in [2.45, 2.75) is 97.8 Å². The van der Waals surface area contributed by atoms with Crippen molar-refractivity contribution < 1.29 is 0 Å². The van der Waals surface area contributed by atoms with Gasteiger partial charge in [0.05, 0.1) is 22.4 Å². The van der Waals surface area contributed by atoms with E-state index in [-0.39, 0.29) is 21.7 Å². The normalized spacial score (nSPS) is 13.4. The van der Waals surface area contributed by atoms with E-state index in [0.717, 1.165) is 39.6 Å². The van der Waals surface area contributed by atoms with Crippen LogP contribution in [0.3, 0.4) is 0 Å². The molecule has 1 aliphatic rings. The Morgan fingerprint density at radius 1 is 0.397 bits per heavy atom. The van der Waals surface area contributed by atoms with Crippen molar-refractivity contribution in [3.8, 4) is 5.82 Å². The predicted molar refractivity (Wildman–Crippen MR) is 290 cm³/mol. The molecule has 3 heterocycles. The zero-order valence-electron chi connectivity index (χ0n) is 41.8. The molecule has 0 radical (unpaired) electrons. The number of hydrogen-bond donors (Lipinski definition) is 0. The van der Waals surface area contributed by atoms with Crippen LogP contribution in [0.15, 0.2) is 182 Å². The molecule has 9 aromatic rings. The number of anilines is 7. The quantitative estimate of drug-likeness (QED) is 0.152. The second-order valence-corrected chi connectivity index (χ2v) is 22.4. The molecule has 342 valence electrons. The van der Waals surface area contributed by atoms with E-state index in [9.17, 15) is 0 Å². The fourth-order valence-corrected chi connectivity index (χ4v) is 9.93. The molecule has 10 rings (SSSR count). The third-order valence-corrected chi connectivity index (χ3v) is 14.2. The first-order valence-corrected chi connectivity index (χ1v) is 24.2. The van der Waals surface area contributed by atoms with Crippen molar-refractivity contribution in [2.75, 3.05) is 21.4 Å². The Labute approximate surface area is 404 Å². The lowest BCUT2D eigenvalue weighted by molar-refractivity contribution is 0.568. The maximum atomic E-state index is 5.08. The number of pyridine rings is 1. The molecule has 0 amide bonds. The van der Waals surface area contributed by atoms with Gasteiger partial charge in [-0.1, -0.05) is 161 Å². The summed E-state index contributed by atoms with van der Waals surface area (Å²) in [6.45, 7) is 26.0. The van der Waals surface area contributed by atoms with E-state index in [1.54, 1.807) is 0 Å². The molecule has 1 aliphatic heterocycles. The molecule has 0 spiro atoms. The average molecular weight is 892 g/mol. The summed E-state index contributed by atoms with van der Waals surface area (Å²) in [5, 5.41) is 2.40. The first kappa shape index (κ1) is 44.7. The Hall–Kier alpha value is -7.11. The number of fused-ring (bicyclic) bond motifs is 4. The number of benzene rings is 7. The predicted octanol–water partition coefficient (Wildman–Crippen LogP) is 17.1. The van der Waals surface area contributed by atoms with Crippen molar-refractivity contribution in [3.05, 3.63) is 210 Å². The van der Waals surface area contributed by atoms with Crippen LogP contribution in [0.1, 0.15) is 104 Å². The highest BCUT2D eigenvalue weighted by atomic mass is 15.4. The summed E-state index contributed by atoms with van der Waals surface area (Å²) >= 11 is 0. The smallest absolute Gasteiger partial charge is 0.137 e. The van der Waals surface area contributed by atoms with Crippen LogP contribution < -0.4 is 14.7 Å². The first-order valence-electron chi connectivity index (χ1n) is 24.2. The number of nitrogens with zero attached hydrogens (tertiary/aromatic N) is 5. The van der Waals surface area contributed by atoms with Gasteiger partial charge in [0.15, 0.2) is 0 Å². The lowest BCUT2D eigenvalue weighted by Crippen LogP contribution is -2.25. The van der Waals surface area contributed by atoms with Crippen molar-refractivity contribution >= 4 is 61.6 Å². The molecule has 0 atom stereocenters. The van der Waals surface area contributed by atoms with Crippen LogP contribution in [0.25, 0.3) is 27.6 Å². The molecular formula is C63H65N5. The topological polar surface area (TPSA) is 27.5 Å². The van der Waals surface area contributed by atoms with Gasteiger partial charge in [-0.3, -0.25) is 4.57 Å². The van der Waals surface area contributed by atoms with Gasteiger partial charge < -0.3 is 14.7 Å². The summed E-state index contributed by atoms with van der Waals surface area (Å²) in [6.07, 6.45) is 1.97. The molecule has 0 saturated heterocycles. The van der Waals surface area contributed by atoms with Gasteiger partial charge >= 0.3 is 0 Å². The van der Waals surface area contributed by atoms with Gasteiger partial charge in [0.25, 0.3) is 0 Å². The fourth-order valence-electron chi connectivity index (χ4n) is 9.93. The maximum absolute atomic E-state index is 5.08. The molecule has 0 aliphatic carbocycles. The van der Waals surface area contributed by atoms with Gasteiger partial charge in [-0.05, 0) is 135 Å². The molecule has 0 unspecified atom stereocenters. The van der Waals surface area contributed by atoms with Crippen LogP contribution in [0, 0.1) is 0 Å². The minimum absolute atomic E-state index is 0.0107. The Morgan fingerprint density at radius 2 is 0.985 bits per heavy atom. The number of para-hydroxylation sites is 3. The molecule has 7 aromatic carbocycles. The maximum Gasteiger partial charge on any atom is 0.137 e. The number of hydrogen-bond acceptors (Lipinski definition) is 4. The first-order chi connectivity index (χ1) is 32.4. The minimum atomic E-state index is -0.192. The third kappa shape index (κ3) is 8.12. The third-order valence-electron chi connectivity index (χ3n) is 14.2. The SMILES string of the molecule is CC(C)(C)c1cc(N2CN(c3cccc(N(c4ccccc4)c4ccc5c6cc(C(C)(C)c7ccccc7)ccc6n(-c6cc(C(C)(C)C)ccn6)c5c4)c3)c3ccccc32)cc(C(C)(C)C)c1. The highest BCUT2D eigenvalue weighted by molar-refractivity contribution is 6.10. The minimum Gasteiger partial charge on any atom is -0.321 e. The van der Waals surface area contributed by atoms with Crippen molar-refractivity contribution in [2.24, 2.45) is 0 Å². The Bertz CT molecular complexity index is 3270. The van der Waals surface area contributed by atoms with E-state index >= 15 is 0 Å². The van der Waals surface area contributed by atoms with Crippen LogP contribution >= 0.6 is 0 Å². The van der Waals surface area contributed by atoms with Crippen LogP contribution in [-0.2, 0) is 21.7 Å². The van der Waals surface area contributed by atoms with Crippen molar-refractivity contribution in [3.63, 3.8) is 0 Å². The molecule has 0 N–H and O–H groups in total. The van der Waals surface area contributed by atoms with E-state index in [4.69, 9.17) is 4.98 Å². The second-order valence-electron chi connectivity index (χ2n) is 22.4. The summed E-state index contributed by atoms with van der Waals surface area (Å²) in [5.41, 5.74) is 16.5. The van der Waals surface area contributed by atoms with E-state index in [1.807, 2.05) is 6.20 Å². The molecular weight excluding hydrogens is 827 g/mol. The van der Waals surface area contributed by atoms with Crippen molar-refractivity contribution in [1.29, 1.82) is 0 Å². The van der Waals surface area contributed by atoms with Gasteiger partial charge in [-0.2, -0.15) is 0 Å². The average Bonchev–Trinajstić information content (AvgIpc) is 3.87. The zero-order chi connectivity index (χ0) is 47.8. The Kier molecular flexibility index (Phi) is 10.9. The van der Waals surface area contributed by atoms with E-state index in [1.165, 1.54) is 55.7 Å². The van der Waals surface area contributed by atoms with Crippen molar-refractivity contribution in [1.82, 2.24) is 9.55 Å². The molecule has 0 bridgehead atoms. The standard InChI is InChI=1S/C63H65N5/c1-60(2,3)44-33-34-64-59(39-44)68-55-32-29-45(63(10,11)43-21-14-12-15-22-43)38-54(55)53-31-30-51(41-58(53)68)67(48-23-16-13-17-24-48)50-26-20-25-49(40-50)65-42-66(57-28-19-18-27-56(57)65)52-36-46(61(4,5)6)35-47(37-52)62(7,8)9/h12-41H,42H2,1-11H3. The summed E-state index contributed by atoms with van der Waals surface area (Å²) in [7, 11) is 0. The summed E-state index contributed by atoms with van der Waals surface area (Å²) in [4.78, 5) is 12.4. The second kappa shape index (κ2) is 16.6. The highest BCUT2D eigenvalue weighted by Crippen LogP contribution is 2.48. The van der Waals surface area contributed by atoms with Crippen LogP contribution in [0.2, 0.25) is 0 Å². The van der Waals surface area contributed by atoms with Gasteiger partial charge in [0.1, 0.15) is 12.5 Å². The molecule has 68 heavy (non-hydrogen) atoms. The van der Waals surface area contributed by atoms with E-state index in [0.29, 0.717) is 6.67 Å². The van der Waals surface area contributed by atoms with Gasteiger partial charge in [-0.25, -0.2) is 4.98 Å². The molecule has 5 nitrogen and oxygen atoms in total. The summed E-state index contributed by atoms with van der Waals surface area (Å²) in [5.74, 6) is 0.915. The van der Waals surface area contributed by atoms with Crippen LogP contribution in [0.5, 0.6) is 0 Å².